The van der Waals surface area contributed by atoms with Gasteiger partial charge in [-0.2, -0.15) is 4.72 Å². The molecule has 5 nitrogen and oxygen atoms in total. The van der Waals surface area contributed by atoms with Crippen molar-refractivity contribution in [3.63, 3.8) is 0 Å². The Kier molecular flexibility index (Phi) is 5.97. The third kappa shape index (κ3) is 4.55. The van der Waals surface area contributed by atoms with E-state index in [2.05, 4.69) is 4.72 Å². The molecule has 1 aromatic carbocycles. The number of rotatable bonds is 6. The van der Waals surface area contributed by atoms with Crippen LogP contribution in [-0.2, 0) is 14.8 Å². The lowest BCUT2D eigenvalue weighted by atomic mass is 10.0. The molecule has 0 bridgehead atoms. The molecule has 1 aromatic rings. The molecule has 0 aromatic heterocycles. The first-order chi connectivity index (χ1) is 10.5. The molecule has 1 fully saturated rings. The number of carbonyl (C=O) groups excluding carboxylic acids is 1. The molecule has 0 unspecified atom stereocenters. The van der Waals surface area contributed by atoms with Crippen molar-refractivity contribution in [1.29, 1.82) is 0 Å². The Hall–Kier alpha value is -1.40. The van der Waals surface area contributed by atoms with Crippen molar-refractivity contribution in [2.24, 2.45) is 0 Å². The van der Waals surface area contributed by atoms with E-state index < -0.39 is 16.1 Å². The summed E-state index contributed by atoms with van der Waals surface area (Å²) in [6.45, 7) is 3.22. The lowest BCUT2D eigenvalue weighted by molar-refractivity contribution is -0.134. The van der Waals surface area contributed by atoms with Gasteiger partial charge in [-0.1, -0.05) is 37.3 Å². The van der Waals surface area contributed by atoms with E-state index >= 15 is 0 Å². The summed E-state index contributed by atoms with van der Waals surface area (Å²) < 4.78 is 26.8. The Morgan fingerprint density at radius 1 is 1.18 bits per heavy atom. The average Bonchev–Trinajstić information content (AvgIpc) is 2.54. The summed E-state index contributed by atoms with van der Waals surface area (Å²) in [5, 5.41) is 0. The fourth-order valence-corrected chi connectivity index (χ4v) is 3.96. The maximum Gasteiger partial charge on any atom is 0.245 e. The number of likely N-dealkylation sites (tertiary alicyclic amines) is 1. The van der Waals surface area contributed by atoms with Gasteiger partial charge in [-0.25, -0.2) is 8.42 Å². The largest absolute Gasteiger partial charge is 0.341 e. The van der Waals surface area contributed by atoms with E-state index in [0.29, 0.717) is 25.1 Å². The minimum Gasteiger partial charge on any atom is -0.341 e. The van der Waals surface area contributed by atoms with Gasteiger partial charge in [0, 0.05) is 13.1 Å². The van der Waals surface area contributed by atoms with E-state index in [9.17, 15) is 13.2 Å². The van der Waals surface area contributed by atoms with Crippen molar-refractivity contribution >= 4 is 15.9 Å². The zero-order chi connectivity index (χ0) is 16.0. The minimum absolute atomic E-state index is 0.0314. The Balaban J connectivity index is 2.23. The first-order valence-corrected chi connectivity index (χ1v) is 9.52. The Labute approximate surface area is 132 Å². The summed E-state index contributed by atoms with van der Waals surface area (Å²) in [6, 6.07) is 8.25. The van der Waals surface area contributed by atoms with E-state index in [1.807, 2.05) is 25.1 Å². The number of hydrogen-bond donors (Lipinski definition) is 1. The smallest absolute Gasteiger partial charge is 0.245 e. The van der Waals surface area contributed by atoms with E-state index in [1.165, 1.54) is 0 Å². The summed E-state index contributed by atoms with van der Waals surface area (Å²) in [7, 11) is -3.46. The molecule has 1 aliphatic heterocycles. The third-order valence-corrected chi connectivity index (χ3v) is 5.36. The van der Waals surface area contributed by atoms with E-state index in [0.717, 1.165) is 19.3 Å². The third-order valence-electron chi connectivity index (χ3n) is 3.82. The maximum atomic E-state index is 12.8. The van der Waals surface area contributed by atoms with Gasteiger partial charge in [0.1, 0.15) is 6.04 Å². The van der Waals surface area contributed by atoms with Crippen LogP contribution in [0.4, 0.5) is 0 Å². The molecule has 1 aliphatic rings. The van der Waals surface area contributed by atoms with Crippen molar-refractivity contribution in [1.82, 2.24) is 9.62 Å². The molecular formula is C16H24N2O3S. The van der Waals surface area contributed by atoms with Crippen LogP contribution in [0.5, 0.6) is 0 Å². The number of hydrogen-bond acceptors (Lipinski definition) is 3. The lowest BCUT2D eigenvalue weighted by Gasteiger charge is -2.30. The normalized spacial score (nSPS) is 17.2. The molecule has 0 spiro atoms. The van der Waals surface area contributed by atoms with Gasteiger partial charge >= 0.3 is 0 Å². The highest BCUT2D eigenvalue weighted by Crippen LogP contribution is 2.20. The zero-order valence-corrected chi connectivity index (χ0v) is 13.8. The molecule has 2 rings (SSSR count). The molecular weight excluding hydrogens is 300 g/mol. The molecule has 0 radical (unpaired) electrons. The number of carbonyl (C=O) groups is 1. The molecule has 22 heavy (non-hydrogen) atoms. The van der Waals surface area contributed by atoms with Crippen LogP contribution >= 0.6 is 0 Å². The fourth-order valence-electron chi connectivity index (χ4n) is 2.71. The Morgan fingerprint density at radius 2 is 1.82 bits per heavy atom. The fraction of sp³-hybridized carbons (Fsp3) is 0.562. The molecule has 1 saturated heterocycles. The highest BCUT2D eigenvalue weighted by Gasteiger charge is 2.30. The predicted molar refractivity (Wildman–Crippen MR) is 86.8 cm³/mol. The van der Waals surface area contributed by atoms with Crippen LogP contribution in [0, 0.1) is 0 Å². The van der Waals surface area contributed by atoms with Crippen LogP contribution in [0.1, 0.15) is 44.2 Å². The van der Waals surface area contributed by atoms with Gasteiger partial charge in [0.25, 0.3) is 0 Å². The van der Waals surface area contributed by atoms with Gasteiger partial charge < -0.3 is 4.90 Å². The van der Waals surface area contributed by atoms with Crippen molar-refractivity contribution < 1.29 is 13.2 Å². The summed E-state index contributed by atoms with van der Waals surface area (Å²) in [5.41, 5.74) is 0.692. The van der Waals surface area contributed by atoms with E-state index in [-0.39, 0.29) is 11.7 Å². The second-order valence-electron chi connectivity index (χ2n) is 5.67. The number of amides is 1. The first-order valence-electron chi connectivity index (χ1n) is 7.87. The number of nitrogens with zero attached hydrogens (tertiary/aromatic N) is 1. The van der Waals surface area contributed by atoms with Gasteiger partial charge in [-0.05, 0) is 31.2 Å². The molecule has 0 saturated carbocycles. The van der Waals surface area contributed by atoms with Crippen LogP contribution in [0.3, 0.4) is 0 Å². The van der Waals surface area contributed by atoms with Crippen molar-refractivity contribution in [2.75, 3.05) is 18.8 Å². The highest BCUT2D eigenvalue weighted by molar-refractivity contribution is 7.89. The molecule has 1 amide bonds. The van der Waals surface area contributed by atoms with Crippen molar-refractivity contribution in [3.8, 4) is 0 Å². The van der Waals surface area contributed by atoms with Gasteiger partial charge in [-0.3, -0.25) is 4.79 Å². The Bertz CT molecular complexity index is 581. The molecule has 1 N–H and O–H groups in total. The average molecular weight is 324 g/mol. The molecule has 0 aliphatic carbocycles. The van der Waals surface area contributed by atoms with Crippen LogP contribution in [-0.4, -0.2) is 38.1 Å². The predicted octanol–water partition coefficient (Wildman–Crippen LogP) is 2.07. The molecule has 1 heterocycles. The maximum absolute atomic E-state index is 12.8. The number of nitrogens with one attached hydrogen (secondary N) is 1. The van der Waals surface area contributed by atoms with Crippen LogP contribution in [0.25, 0.3) is 0 Å². The minimum atomic E-state index is -3.46. The van der Waals surface area contributed by atoms with Crippen molar-refractivity contribution in [2.45, 2.75) is 38.6 Å². The molecule has 6 heteroatoms. The van der Waals surface area contributed by atoms with Crippen LogP contribution in [0.2, 0.25) is 0 Å². The van der Waals surface area contributed by atoms with E-state index in [4.69, 9.17) is 0 Å². The summed E-state index contributed by atoms with van der Waals surface area (Å²) in [4.78, 5) is 14.6. The zero-order valence-electron chi connectivity index (χ0n) is 13.0. The van der Waals surface area contributed by atoms with Crippen LogP contribution in [0.15, 0.2) is 30.3 Å². The lowest BCUT2D eigenvalue weighted by Crippen LogP contribution is -2.45. The van der Waals surface area contributed by atoms with E-state index in [1.54, 1.807) is 17.0 Å². The molecule has 1 atom stereocenters. The topological polar surface area (TPSA) is 66.5 Å². The Morgan fingerprint density at radius 3 is 2.41 bits per heavy atom. The van der Waals surface area contributed by atoms with Gasteiger partial charge in [0.05, 0.1) is 5.75 Å². The second kappa shape index (κ2) is 7.74. The van der Waals surface area contributed by atoms with Gasteiger partial charge in [0.15, 0.2) is 0 Å². The van der Waals surface area contributed by atoms with Gasteiger partial charge in [-0.15, -0.1) is 0 Å². The SMILES string of the molecule is CCCS(=O)(=O)N[C@H](C(=O)N1CCCCC1)c1ccccc1. The first kappa shape index (κ1) is 17.0. The number of sulfonamides is 1. The monoisotopic (exact) mass is 324 g/mol. The molecule has 122 valence electrons. The highest BCUT2D eigenvalue weighted by atomic mass is 32.2. The summed E-state index contributed by atoms with van der Waals surface area (Å²) in [6.07, 6.45) is 3.61. The second-order valence-corrected chi connectivity index (χ2v) is 7.54. The van der Waals surface area contributed by atoms with Gasteiger partial charge in [0.2, 0.25) is 15.9 Å². The quantitative estimate of drug-likeness (QED) is 0.871. The van der Waals surface area contributed by atoms with Crippen LogP contribution < -0.4 is 4.72 Å². The van der Waals surface area contributed by atoms with Crippen molar-refractivity contribution in [3.05, 3.63) is 35.9 Å². The summed E-state index contributed by atoms with van der Waals surface area (Å²) in [5.74, 6) is -0.116. The standard InChI is InChI=1S/C16H24N2O3S/c1-2-13-22(20,21)17-15(14-9-5-3-6-10-14)16(19)18-11-7-4-8-12-18/h3,5-6,9-10,15,17H,2,4,7-8,11-13H2,1H3/t15-/m0/s1. The number of piperidine rings is 1. The number of benzene rings is 1. The summed E-state index contributed by atoms with van der Waals surface area (Å²) >= 11 is 0.